The van der Waals surface area contributed by atoms with Crippen LogP contribution in [-0.2, 0) is 4.79 Å². The van der Waals surface area contributed by atoms with Crippen LogP contribution in [0.25, 0.3) is 0 Å². The first kappa shape index (κ1) is 11.0. The largest absolute Gasteiger partial charge is 0.497 e. The third-order valence-corrected chi connectivity index (χ3v) is 3.30. The van der Waals surface area contributed by atoms with Gasteiger partial charge in [0.1, 0.15) is 17.1 Å². The molecule has 0 amide bonds. The number of ether oxygens (including phenoxy) is 1. The Bertz CT molecular complexity index is 449. The number of carbonyl (C=O) groups is 1. The summed E-state index contributed by atoms with van der Waals surface area (Å²) in [6.45, 7) is 0. The molecule has 0 bridgehead atoms. The lowest BCUT2D eigenvalue weighted by molar-refractivity contribution is -0.104. The van der Waals surface area contributed by atoms with Crippen LogP contribution >= 0.6 is 11.8 Å². The minimum absolute atomic E-state index is 0.689. The van der Waals surface area contributed by atoms with E-state index in [9.17, 15) is 4.79 Å². The first-order chi connectivity index (χ1) is 7.83. The molecule has 82 valence electrons. The number of hydrogen-bond acceptors (Lipinski definition) is 4. The van der Waals surface area contributed by atoms with Crippen molar-refractivity contribution < 1.29 is 9.53 Å². The molecule has 0 fully saturated rings. The van der Waals surface area contributed by atoms with E-state index in [2.05, 4.69) is 4.99 Å². The minimum atomic E-state index is 0.689. The van der Waals surface area contributed by atoms with E-state index in [0.29, 0.717) is 5.75 Å². The molecular formula is C12H11NO2S. The summed E-state index contributed by atoms with van der Waals surface area (Å²) in [4.78, 5) is 14.8. The van der Waals surface area contributed by atoms with Gasteiger partial charge in [0, 0.05) is 23.1 Å². The fraction of sp³-hybridized carbons (Fsp3) is 0.167. The molecule has 1 heterocycles. The molecule has 1 aliphatic rings. The lowest BCUT2D eigenvalue weighted by Crippen LogP contribution is -2.03. The van der Waals surface area contributed by atoms with E-state index in [1.165, 1.54) is 0 Å². The predicted octanol–water partition coefficient (Wildman–Crippen LogP) is 2.27. The summed E-state index contributed by atoms with van der Waals surface area (Å²) < 4.78 is 5.09. The minimum Gasteiger partial charge on any atom is -0.497 e. The summed E-state index contributed by atoms with van der Waals surface area (Å²) in [7, 11) is 1.64. The number of aliphatic imine (C=N–C) groups is 1. The van der Waals surface area contributed by atoms with E-state index in [1.54, 1.807) is 25.1 Å². The molecule has 0 unspecified atom stereocenters. The third kappa shape index (κ3) is 2.33. The Balaban J connectivity index is 2.22. The molecule has 3 nitrogen and oxygen atoms in total. The molecule has 0 saturated carbocycles. The van der Waals surface area contributed by atoms with Crippen molar-refractivity contribution in [3.63, 3.8) is 0 Å². The van der Waals surface area contributed by atoms with Gasteiger partial charge < -0.3 is 4.74 Å². The van der Waals surface area contributed by atoms with Gasteiger partial charge in [0.15, 0.2) is 0 Å². The summed E-state index contributed by atoms with van der Waals surface area (Å²) >= 11 is 1.57. The van der Waals surface area contributed by atoms with Crippen molar-refractivity contribution in [1.29, 1.82) is 0 Å². The summed E-state index contributed by atoms with van der Waals surface area (Å²) in [6.07, 6.45) is 2.48. The monoisotopic (exact) mass is 233 g/mol. The molecule has 0 radical (unpaired) electrons. The standard InChI is InChI=1S/C12H11NO2S/c1-15-11-4-2-10(3-5-11)12-13-6-9(7-14)8-16-12/h2-7H,8H2,1H3. The van der Waals surface area contributed by atoms with Gasteiger partial charge in [0.2, 0.25) is 0 Å². The molecule has 1 aliphatic heterocycles. The van der Waals surface area contributed by atoms with Gasteiger partial charge in [0.25, 0.3) is 0 Å². The number of aldehydes is 1. The normalized spacial score (nSPS) is 15.1. The van der Waals surface area contributed by atoms with Crippen molar-refractivity contribution in [2.45, 2.75) is 0 Å². The number of carbonyl (C=O) groups excluding carboxylic acids is 1. The maximum atomic E-state index is 10.5. The number of hydrogen-bond donors (Lipinski definition) is 0. The smallest absolute Gasteiger partial charge is 0.148 e. The Morgan fingerprint density at radius 2 is 2.12 bits per heavy atom. The predicted molar refractivity (Wildman–Crippen MR) is 66.1 cm³/mol. The molecule has 0 aromatic heterocycles. The topological polar surface area (TPSA) is 38.7 Å². The SMILES string of the molecule is COc1ccc(C2=NC=C(C=O)CS2)cc1. The molecule has 2 rings (SSSR count). The van der Waals surface area contributed by atoms with Gasteiger partial charge in [-0.1, -0.05) is 0 Å². The number of nitrogens with zero attached hydrogens (tertiary/aromatic N) is 1. The van der Waals surface area contributed by atoms with E-state index >= 15 is 0 Å². The van der Waals surface area contributed by atoms with Crippen LogP contribution in [0.2, 0.25) is 0 Å². The highest BCUT2D eigenvalue weighted by Crippen LogP contribution is 2.22. The fourth-order valence-electron chi connectivity index (χ4n) is 1.32. The van der Waals surface area contributed by atoms with Crippen LogP contribution in [0.1, 0.15) is 5.56 Å². The van der Waals surface area contributed by atoms with Gasteiger partial charge in [-0.2, -0.15) is 0 Å². The summed E-state index contributed by atoms with van der Waals surface area (Å²) in [6, 6.07) is 7.73. The van der Waals surface area contributed by atoms with Gasteiger partial charge in [0.05, 0.1) is 7.11 Å². The molecule has 0 saturated heterocycles. The molecule has 4 heteroatoms. The van der Waals surface area contributed by atoms with E-state index in [1.807, 2.05) is 24.3 Å². The fourth-order valence-corrected chi connectivity index (χ4v) is 2.20. The first-order valence-electron chi connectivity index (χ1n) is 4.82. The van der Waals surface area contributed by atoms with Crippen molar-refractivity contribution in [3.8, 4) is 5.75 Å². The van der Waals surface area contributed by atoms with E-state index < -0.39 is 0 Å². The Kier molecular flexibility index (Phi) is 3.41. The molecule has 0 N–H and O–H groups in total. The van der Waals surface area contributed by atoms with E-state index in [4.69, 9.17) is 4.74 Å². The average molecular weight is 233 g/mol. The Morgan fingerprint density at radius 3 is 2.62 bits per heavy atom. The first-order valence-corrected chi connectivity index (χ1v) is 5.81. The highest BCUT2D eigenvalue weighted by Gasteiger charge is 2.10. The maximum absolute atomic E-state index is 10.5. The van der Waals surface area contributed by atoms with Gasteiger partial charge >= 0.3 is 0 Å². The van der Waals surface area contributed by atoms with Crippen molar-refractivity contribution in [2.24, 2.45) is 4.99 Å². The van der Waals surface area contributed by atoms with Gasteiger partial charge in [-0.15, -0.1) is 11.8 Å². The second-order valence-corrected chi connectivity index (χ2v) is 4.24. The zero-order valence-electron chi connectivity index (χ0n) is 8.84. The highest BCUT2D eigenvalue weighted by atomic mass is 32.2. The molecule has 1 aromatic rings. The molecule has 1 aromatic carbocycles. The van der Waals surface area contributed by atoms with Crippen LogP contribution in [0.15, 0.2) is 41.0 Å². The van der Waals surface area contributed by atoms with Crippen molar-refractivity contribution in [1.82, 2.24) is 0 Å². The van der Waals surface area contributed by atoms with Crippen LogP contribution < -0.4 is 4.74 Å². The molecule has 0 aliphatic carbocycles. The zero-order valence-corrected chi connectivity index (χ0v) is 9.66. The van der Waals surface area contributed by atoms with E-state index in [0.717, 1.165) is 28.2 Å². The maximum Gasteiger partial charge on any atom is 0.148 e. The van der Waals surface area contributed by atoms with Crippen LogP contribution in [0.4, 0.5) is 0 Å². The lowest BCUT2D eigenvalue weighted by Gasteiger charge is -2.10. The van der Waals surface area contributed by atoms with Crippen LogP contribution in [0.3, 0.4) is 0 Å². The van der Waals surface area contributed by atoms with Crippen molar-refractivity contribution in [2.75, 3.05) is 12.9 Å². The highest BCUT2D eigenvalue weighted by molar-refractivity contribution is 8.14. The van der Waals surface area contributed by atoms with E-state index in [-0.39, 0.29) is 0 Å². The van der Waals surface area contributed by atoms with Crippen LogP contribution in [0.5, 0.6) is 5.75 Å². The van der Waals surface area contributed by atoms with Crippen LogP contribution in [-0.4, -0.2) is 24.2 Å². The molecular weight excluding hydrogens is 222 g/mol. The number of thioether (sulfide) groups is 1. The Morgan fingerprint density at radius 1 is 1.38 bits per heavy atom. The summed E-state index contributed by atoms with van der Waals surface area (Å²) in [5.74, 6) is 1.52. The van der Waals surface area contributed by atoms with Crippen molar-refractivity contribution in [3.05, 3.63) is 41.6 Å². The second kappa shape index (κ2) is 4.99. The lowest BCUT2D eigenvalue weighted by atomic mass is 10.2. The average Bonchev–Trinajstić information content (AvgIpc) is 2.39. The van der Waals surface area contributed by atoms with Crippen LogP contribution in [0, 0.1) is 0 Å². The Hall–Kier alpha value is -1.55. The number of rotatable bonds is 3. The molecule has 0 atom stereocenters. The summed E-state index contributed by atoms with van der Waals surface area (Å²) in [5.41, 5.74) is 1.77. The Labute approximate surface area is 98.2 Å². The zero-order chi connectivity index (χ0) is 11.4. The molecule has 0 spiro atoms. The van der Waals surface area contributed by atoms with Crippen molar-refractivity contribution >= 4 is 23.1 Å². The number of methoxy groups -OCH3 is 1. The van der Waals surface area contributed by atoms with Gasteiger partial charge in [-0.05, 0) is 24.3 Å². The van der Waals surface area contributed by atoms with Gasteiger partial charge in [-0.25, -0.2) is 4.99 Å². The summed E-state index contributed by atoms with van der Waals surface area (Å²) in [5, 5.41) is 0.938. The third-order valence-electron chi connectivity index (χ3n) is 2.21. The second-order valence-electron chi connectivity index (χ2n) is 3.27. The number of benzene rings is 1. The molecule has 16 heavy (non-hydrogen) atoms. The van der Waals surface area contributed by atoms with Gasteiger partial charge in [-0.3, -0.25) is 4.79 Å². The quantitative estimate of drug-likeness (QED) is 0.752.